The summed E-state index contributed by atoms with van der Waals surface area (Å²) in [7, 11) is 0. The Labute approximate surface area is 146 Å². The summed E-state index contributed by atoms with van der Waals surface area (Å²) in [5.74, 6) is -0.345. The van der Waals surface area contributed by atoms with E-state index < -0.39 is 0 Å². The lowest BCUT2D eigenvalue weighted by molar-refractivity contribution is 0.0517. The van der Waals surface area contributed by atoms with E-state index in [0.717, 1.165) is 16.9 Å². The molecule has 130 valence electrons. The van der Waals surface area contributed by atoms with Crippen LogP contribution in [0, 0.1) is 0 Å². The van der Waals surface area contributed by atoms with Crippen LogP contribution in [0.25, 0.3) is 5.65 Å². The molecule has 0 radical (unpaired) electrons. The number of nitrogens with zero attached hydrogens (tertiary/aromatic N) is 3. The van der Waals surface area contributed by atoms with Gasteiger partial charge in [-0.05, 0) is 50.6 Å². The van der Waals surface area contributed by atoms with Crippen LogP contribution in [0.2, 0.25) is 0 Å². The van der Waals surface area contributed by atoms with E-state index in [2.05, 4.69) is 29.1 Å². The van der Waals surface area contributed by atoms with E-state index in [1.807, 2.05) is 30.5 Å². The molecular formula is C19H22N4O2. The molecule has 1 N–H and O–H groups in total. The summed E-state index contributed by atoms with van der Waals surface area (Å²) in [6.45, 7) is 6.95. The van der Waals surface area contributed by atoms with Crippen molar-refractivity contribution in [3.05, 3.63) is 65.9 Å². The fourth-order valence-corrected chi connectivity index (χ4v) is 2.70. The Morgan fingerprint density at radius 3 is 2.72 bits per heavy atom. The first-order chi connectivity index (χ1) is 12.0. The van der Waals surface area contributed by atoms with E-state index in [0.29, 0.717) is 18.8 Å². The Bertz CT molecular complexity index is 872. The minimum absolute atomic E-state index is 0.220. The molecule has 0 amide bonds. The van der Waals surface area contributed by atoms with Crippen LogP contribution in [0.15, 0.2) is 48.9 Å². The summed E-state index contributed by atoms with van der Waals surface area (Å²) in [6.07, 6.45) is 5.45. The third-order valence-corrected chi connectivity index (χ3v) is 4.14. The molecule has 3 aromatic heterocycles. The lowest BCUT2D eigenvalue weighted by Gasteiger charge is -2.26. The maximum absolute atomic E-state index is 12.1. The van der Waals surface area contributed by atoms with Crippen molar-refractivity contribution in [1.29, 1.82) is 0 Å². The Morgan fingerprint density at radius 1 is 1.24 bits per heavy atom. The molecule has 6 heteroatoms. The van der Waals surface area contributed by atoms with E-state index in [1.54, 1.807) is 29.8 Å². The second kappa shape index (κ2) is 7.03. The number of ether oxygens (including phenoxy) is 1. The molecule has 0 spiro atoms. The number of pyridine rings is 2. The topological polar surface area (TPSA) is 68.5 Å². The van der Waals surface area contributed by atoms with Gasteiger partial charge in [0.1, 0.15) is 11.3 Å². The first kappa shape index (κ1) is 17.1. The zero-order valence-corrected chi connectivity index (χ0v) is 14.7. The normalized spacial score (nSPS) is 11.6. The highest BCUT2D eigenvalue weighted by atomic mass is 16.5. The molecule has 3 heterocycles. The Hall–Kier alpha value is -2.73. The monoisotopic (exact) mass is 338 g/mol. The van der Waals surface area contributed by atoms with Gasteiger partial charge in [-0.15, -0.1) is 0 Å². The van der Waals surface area contributed by atoms with Crippen molar-refractivity contribution in [2.75, 3.05) is 6.61 Å². The number of esters is 1. The molecule has 3 rings (SSSR count). The predicted molar refractivity (Wildman–Crippen MR) is 95.3 cm³/mol. The van der Waals surface area contributed by atoms with Crippen LogP contribution in [0.3, 0.4) is 0 Å². The van der Waals surface area contributed by atoms with Gasteiger partial charge in [0.25, 0.3) is 0 Å². The fraction of sp³-hybridized carbons (Fsp3) is 0.316. The van der Waals surface area contributed by atoms with E-state index in [9.17, 15) is 4.79 Å². The van der Waals surface area contributed by atoms with Gasteiger partial charge in [0, 0.05) is 30.7 Å². The molecule has 0 bridgehead atoms. The van der Waals surface area contributed by atoms with Gasteiger partial charge in [0.05, 0.1) is 12.3 Å². The molecule has 25 heavy (non-hydrogen) atoms. The Kier molecular flexibility index (Phi) is 4.81. The number of imidazole rings is 1. The summed E-state index contributed by atoms with van der Waals surface area (Å²) in [5, 5.41) is 3.51. The molecule has 0 aliphatic rings. The molecule has 0 saturated carbocycles. The van der Waals surface area contributed by atoms with Crippen LogP contribution >= 0.6 is 0 Å². The van der Waals surface area contributed by atoms with Gasteiger partial charge in [0.15, 0.2) is 0 Å². The largest absolute Gasteiger partial charge is 0.461 e. The Morgan fingerprint density at radius 2 is 2.00 bits per heavy atom. The molecule has 6 nitrogen and oxygen atoms in total. The second-order valence-corrected chi connectivity index (χ2v) is 6.31. The molecular weight excluding hydrogens is 316 g/mol. The highest BCUT2D eigenvalue weighted by Crippen LogP contribution is 2.20. The third kappa shape index (κ3) is 3.69. The molecule has 3 aromatic rings. The number of nitrogens with one attached hydrogen (secondary N) is 1. The van der Waals surface area contributed by atoms with Crippen LogP contribution in [0.1, 0.15) is 42.5 Å². The second-order valence-electron chi connectivity index (χ2n) is 6.31. The smallest absolute Gasteiger partial charge is 0.355 e. The van der Waals surface area contributed by atoms with E-state index in [1.165, 1.54) is 0 Å². The molecule has 0 atom stereocenters. The maximum Gasteiger partial charge on any atom is 0.355 e. The lowest BCUT2D eigenvalue weighted by atomic mass is 9.95. The van der Waals surface area contributed by atoms with E-state index in [4.69, 9.17) is 4.74 Å². The molecule has 0 saturated heterocycles. The summed E-state index contributed by atoms with van der Waals surface area (Å²) >= 11 is 0. The number of fused-ring (bicyclic) bond motifs is 1. The quantitative estimate of drug-likeness (QED) is 0.700. The van der Waals surface area contributed by atoms with Crippen LogP contribution in [0.5, 0.6) is 0 Å². The van der Waals surface area contributed by atoms with Gasteiger partial charge in [-0.2, -0.15) is 0 Å². The first-order valence-corrected chi connectivity index (χ1v) is 8.31. The van der Waals surface area contributed by atoms with Gasteiger partial charge in [-0.25, -0.2) is 9.78 Å². The van der Waals surface area contributed by atoms with Crippen LogP contribution < -0.4 is 5.32 Å². The van der Waals surface area contributed by atoms with Gasteiger partial charge in [0.2, 0.25) is 0 Å². The lowest BCUT2D eigenvalue weighted by Crippen LogP contribution is -2.36. The van der Waals surface area contributed by atoms with Gasteiger partial charge in [-0.3, -0.25) is 9.38 Å². The third-order valence-electron chi connectivity index (χ3n) is 4.14. The minimum Gasteiger partial charge on any atom is -0.461 e. The minimum atomic E-state index is -0.345. The summed E-state index contributed by atoms with van der Waals surface area (Å²) in [4.78, 5) is 20.7. The fourth-order valence-electron chi connectivity index (χ4n) is 2.70. The number of hydrogen-bond acceptors (Lipinski definition) is 5. The van der Waals surface area contributed by atoms with Crippen molar-refractivity contribution in [2.45, 2.75) is 32.9 Å². The van der Waals surface area contributed by atoms with E-state index >= 15 is 0 Å². The SMILES string of the molecule is CCOC(=O)c1cccc2nc(CNC(C)(C)c3ccncc3)cn12. The molecule has 0 aromatic carbocycles. The molecule has 0 unspecified atom stereocenters. The number of hydrogen-bond donors (Lipinski definition) is 1. The summed E-state index contributed by atoms with van der Waals surface area (Å²) in [5.41, 5.74) is 3.00. The number of rotatable bonds is 6. The molecule has 0 fully saturated rings. The zero-order valence-electron chi connectivity index (χ0n) is 14.7. The first-order valence-electron chi connectivity index (χ1n) is 8.31. The predicted octanol–water partition coefficient (Wildman–Crippen LogP) is 2.93. The number of aromatic nitrogens is 3. The van der Waals surface area contributed by atoms with Crippen molar-refractivity contribution in [2.24, 2.45) is 0 Å². The Balaban J connectivity index is 1.81. The molecule has 0 aliphatic carbocycles. The number of carbonyl (C=O) groups is 1. The van der Waals surface area contributed by atoms with Crippen LogP contribution in [0.4, 0.5) is 0 Å². The van der Waals surface area contributed by atoms with Crippen molar-refractivity contribution in [3.8, 4) is 0 Å². The van der Waals surface area contributed by atoms with Crippen molar-refractivity contribution >= 4 is 11.6 Å². The van der Waals surface area contributed by atoms with Crippen molar-refractivity contribution in [1.82, 2.24) is 19.7 Å². The molecule has 0 aliphatic heterocycles. The standard InChI is InChI=1S/C19H22N4O2/c1-4-25-18(24)16-6-5-7-17-22-15(13-23(16)17)12-21-19(2,3)14-8-10-20-11-9-14/h5-11,13,21H,4,12H2,1-3H3. The van der Waals surface area contributed by atoms with Crippen molar-refractivity contribution < 1.29 is 9.53 Å². The summed E-state index contributed by atoms with van der Waals surface area (Å²) < 4.78 is 6.88. The van der Waals surface area contributed by atoms with Crippen molar-refractivity contribution in [3.63, 3.8) is 0 Å². The van der Waals surface area contributed by atoms with Crippen LogP contribution in [-0.4, -0.2) is 26.9 Å². The van der Waals surface area contributed by atoms with Gasteiger partial charge >= 0.3 is 5.97 Å². The average molecular weight is 338 g/mol. The van der Waals surface area contributed by atoms with Gasteiger partial charge in [-0.1, -0.05) is 6.07 Å². The highest BCUT2D eigenvalue weighted by molar-refractivity contribution is 5.88. The highest BCUT2D eigenvalue weighted by Gasteiger charge is 2.20. The maximum atomic E-state index is 12.1. The van der Waals surface area contributed by atoms with Crippen LogP contribution in [-0.2, 0) is 16.8 Å². The summed E-state index contributed by atoms with van der Waals surface area (Å²) in [6, 6.07) is 9.42. The average Bonchev–Trinajstić information content (AvgIpc) is 3.04. The number of carbonyl (C=O) groups excluding carboxylic acids is 1. The zero-order chi connectivity index (χ0) is 17.9. The van der Waals surface area contributed by atoms with Gasteiger partial charge < -0.3 is 10.1 Å². The van der Waals surface area contributed by atoms with E-state index in [-0.39, 0.29) is 11.5 Å².